The van der Waals surface area contributed by atoms with E-state index in [0.717, 1.165) is 12.7 Å². The van der Waals surface area contributed by atoms with Crippen molar-refractivity contribution >= 4 is 18.7 Å². The third kappa shape index (κ3) is 10.7. The zero-order valence-corrected chi connectivity index (χ0v) is 4.91. The minimum atomic E-state index is 0. The van der Waals surface area contributed by atoms with Crippen LogP contribution in [-0.2, 0) is 4.79 Å². The van der Waals surface area contributed by atoms with Crippen LogP contribution in [0.4, 0.5) is 0 Å². The van der Waals surface area contributed by atoms with Crippen molar-refractivity contribution in [1.82, 2.24) is 0 Å². The summed E-state index contributed by atoms with van der Waals surface area (Å²) >= 11 is 0. The van der Waals surface area contributed by atoms with Crippen LogP contribution in [0.25, 0.3) is 0 Å². The van der Waals surface area contributed by atoms with Crippen LogP contribution in [0.15, 0.2) is 0 Å². The van der Waals surface area contributed by atoms with Crippen LogP contribution in [0.5, 0.6) is 0 Å². The standard InChI is InChI=1S/C4H9NO.ClH/c5-3-1-2-4-6;/h4H,1-3,5H2;1H. The van der Waals surface area contributed by atoms with Crippen LogP contribution in [0.1, 0.15) is 12.8 Å². The number of rotatable bonds is 3. The second-order valence-electron chi connectivity index (χ2n) is 1.10. The molecular formula is C4H10ClNO. The summed E-state index contributed by atoms with van der Waals surface area (Å²) in [6.45, 7) is 0.624. The molecule has 0 aromatic heterocycles. The molecule has 0 aliphatic carbocycles. The molecule has 0 radical (unpaired) electrons. The van der Waals surface area contributed by atoms with E-state index in [1.54, 1.807) is 0 Å². The molecule has 0 rings (SSSR count). The molecule has 0 bridgehead atoms. The Morgan fingerprint density at radius 3 is 2.29 bits per heavy atom. The number of hydrogen-bond donors (Lipinski definition) is 1. The van der Waals surface area contributed by atoms with Crippen LogP contribution < -0.4 is 5.73 Å². The predicted molar refractivity (Wildman–Crippen MR) is 31.6 cm³/mol. The van der Waals surface area contributed by atoms with Gasteiger partial charge in [-0.3, -0.25) is 0 Å². The minimum Gasteiger partial charge on any atom is -0.330 e. The first-order valence-electron chi connectivity index (χ1n) is 2.05. The van der Waals surface area contributed by atoms with Gasteiger partial charge in [0, 0.05) is 6.42 Å². The molecule has 0 heterocycles. The van der Waals surface area contributed by atoms with E-state index in [0.29, 0.717) is 13.0 Å². The molecule has 0 unspecified atom stereocenters. The fraction of sp³-hybridized carbons (Fsp3) is 0.750. The van der Waals surface area contributed by atoms with Crippen LogP contribution in [-0.4, -0.2) is 12.8 Å². The summed E-state index contributed by atoms with van der Waals surface area (Å²) in [6, 6.07) is 0. The van der Waals surface area contributed by atoms with Gasteiger partial charge in [0.05, 0.1) is 0 Å². The zero-order valence-electron chi connectivity index (χ0n) is 4.09. The van der Waals surface area contributed by atoms with E-state index in [4.69, 9.17) is 5.73 Å². The molecule has 3 heteroatoms. The Hall–Kier alpha value is -0.0800. The van der Waals surface area contributed by atoms with E-state index >= 15 is 0 Å². The third-order valence-corrected chi connectivity index (χ3v) is 0.526. The summed E-state index contributed by atoms with van der Waals surface area (Å²) in [5.41, 5.74) is 5.06. The van der Waals surface area contributed by atoms with Crippen molar-refractivity contribution in [3.63, 3.8) is 0 Å². The average Bonchev–Trinajstić information content (AvgIpc) is 1.61. The van der Waals surface area contributed by atoms with Crippen molar-refractivity contribution in [3.05, 3.63) is 0 Å². The normalized spacial score (nSPS) is 7.00. The van der Waals surface area contributed by atoms with E-state index in [1.807, 2.05) is 0 Å². The second-order valence-corrected chi connectivity index (χ2v) is 1.10. The summed E-state index contributed by atoms with van der Waals surface area (Å²) in [7, 11) is 0. The average molecular weight is 124 g/mol. The van der Waals surface area contributed by atoms with Crippen LogP contribution >= 0.6 is 12.4 Å². The first-order valence-corrected chi connectivity index (χ1v) is 2.05. The Balaban J connectivity index is 0. The summed E-state index contributed by atoms with van der Waals surface area (Å²) in [6.07, 6.45) is 2.31. The quantitative estimate of drug-likeness (QED) is 0.435. The van der Waals surface area contributed by atoms with E-state index in [9.17, 15) is 4.79 Å². The van der Waals surface area contributed by atoms with E-state index in [-0.39, 0.29) is 12.4 Å². The van der Waals surface area contributed by atoms with Gasteiger partial charge in [-0.2, -0.15) is 0 Å². The third-order valence-electron chi connectivity index (χ3n) is 0.526. The maximum atomic E-state index is 9.51. The Bertz CT molecular complexity index is 40.7. The smallest absolute Gasteiger partial charge is 0.120 e. The van der Waals surface area contributed by atoms with E-state index in [2.05, 4.69) is 0 Å². The number of hydrogen-bond acceptors (Lipinski definition) is 2. The highest BCUT2D eigenvalue weighted by Crippen LogP contribution is 1.75. The predicted octanol–water partition coefficient (Wildman–Crippen LogP) is 0.346. The molecule has 0 fully saturated rings. The van der Waals surface area contributed by atoms with Gasteiger partial charge in [0.2, 0.25) is 0 Å². The van der Waals surface area contributed by atoms with Crippen molar-refractivity contribution in [2.75, 3.05) is 6.54 Å². The molecule has 0 aromatic rings. The highest BCUT2D eigenvalue weighted by molar-refractivity contribution is 5.85. The lowest BCUT2D eigenvalue weighted by molar-refractivity contribution is -0.107. The van der Waals surface area contributed by atoms with Crippen molar-refractivity contribution in [3.8, 4) is 0 Å². The number of carbonyl (C=O) groups excluding carboxylic acids is 1. The molecule has 0 aliphatic heterocycles. The second kappa shape index (κ2) is 9.33. The summed E-state index contributed by atoms with van der Waals surface area (Å²) in [5, 5.41) is 0. The zero-order chi connectivity index (χ0) is 4.83. The first-order chi connectivity index (χ1) is 2.91. The van der Waals surface area contributed by atoms with E-state index in [1.165, 1.54) is 0 Å². The van der Waals surface area contributed by atoms with Crippen LogP contribution in [0.3, 0.4) is 0 Å². The lowest BCUT2D eigenvalue weighted by Gasteiger charge is -1.79. The molecule has 2 N–H and O–H groups in total. The van der Waals surface area contributed by atoms with Crippen LogP contribution in [0, 0.1) is 0 Å². The van der Waals surface area contributed by atoms with E-state index < -0.39 is 0 Å². The number of halogens is 1. The number of aldehydes is 1. The molecule has 0 atom stereocenters. The number of nitrogens with two attached hydrogens (primary N) is 1. The molecule has 7 heavy (non-hydrogen) atoms. The highest BCUT2D eigenvalue weighted by atomic mass is 35.5. The molecule has 44 valence electrons. The fourth-order valence-corrected chi connectivity index (χ4v) is 0.201. The minimum absolute atomic E-state index is 0. The number of carbonyl (C=O) groups is 1. The Morgan fingerprint density at radius 1 is 1.57 bits per heavy atom. The summed E-state index contributed by atoms with van der Waals surface area (Å²) < 4.78 is 0. The van der Waals surface area contributed by atoms with Gasteiger partial charge in [-0.25, -0.2) is 0 Å². The maximum Gasteiger partial charge on any atom is 0.120 e. The summed E-state index contributed by atoms with van der Waals surface area (Å²) in [4.78, 5) is 9.51. The molecule has 0 aromatic carbocycles. The van der Waals surface area contributed by atoms with Gasteiger partial charge in [-0.15, -0.1) is 12.4 Å². The fourth-order valence-electron chi connectivity index (χ4n) is 0.201. The monoisotopic (exact) mass is 123 g/mol. The number of unbranched alkanes of at least 4 members (excludes halogenated alkanes) is 1. The van der Waals surface area contributed by atoms with Crippen molar-refractivity contribution in [1.29, 1.82) is 0 Å². The Morgan fingerprint density at radius 2 is 2.14 bits per heavy atom. The van der Waals surface area contributed by atoms with Gasteiger partial charge >= 0.3 is 0 Å². The van der Waals surface area contributed by atoms with Gasteiger partial charge in [0.1, 0.15) is 6.29 Å². The lowest BCUT2D eigenvalue weighted by atomic mass is 10.3. The lowest BCUT2D eigenvalue weighted by Crippen LogP contribution is -1.97. The first kappa shape index (κ1) is 10.0. The van der Waals surface area contributed by atoms with Gasteiger partial charge in [0.25, 0.3) is 0 Å². The summed E-state index contributed by atoms with van der Waals surface area (Å²) in [5.74, 6) is 0. The molecule has 2 nitrogen and oxygen atoms in total. The Labute approximate surface area is 49.5 Å². The van der Waals surface area contributed by atoms with Crippen molar-refractivity contribution in [2.45, 2.75) is 12.8 Å². The topological polar surface area (TPSA) is 43.1 Å². The van der Waals surface area contributed by atoms with Gasteiger partial charge in [-0.05, 0) is 13.0 Å². The highest BCUT2D eigenvalue weighted by Gasteiger charge is 1.74. The Kier molecular flexibility index (Phi) is 13.3. The molecule has 0 aliphatic rings. The molecular weight excluding hydrogens is 114 g/mol. The van der Waals surface area contributed by atoms with Gasteiger partial charge in [-0.1, -0.05) is 0 Å². The van der Waals surface area contributed by atoms with Gasteiger partial charge in [0.15, 0.2) is 0 Å². The molecule has 0 amide bonds. The largest absolute Gasteiger partial charge is 0.330 e. The van der Waals surface area contributed by atoms with Crippen molar-refractivity contribution in [2.24, 2.45) is 5.73 Å². The molecule has 0 saturated carbocycles. The maximum absolute atomic E-state index is 9.51. The van der Waals surface area contributed by atoms with Gasteiger partial charge < -0.3 is 10.5 Å². The molecule has 0 saturated heterocycles. The van der Waals surface area contributed by atoms with Crippen molar-refractivity contribution < 1.29 is 4.79 Å². The molecule has 0 spiro atoms. The van der Waals surface area contributed by atoms with Crippen LogP contribution in [0.2, 0.25) is 0 Å². The SMILES string of the molecule is Cl.NCCCC=O.